The Balaban J connectivity index is 1.31. The zero-order valence-corrected chi connectivity index (χ0v) is 23.7. The number of nitrogens with zero attached hydrogens (tertiary/aromatic N) is 1. The van der Waals surface area contributed by atoms with E-state index in [1.54, 1.807) is 4.90 Å². The van der Waals surface area contributed by atoms with E-state index in [-0.39, 0.29) is 23.8 Å². The number of halogens is 1. The fourth-order valence-corrected chi connectivity index (χ4v) is 7.42. The van der Waals surface area contributed by atoms with Crippen molar-refractivity contribution in [3.63, 3.8) is 0 Å². The summed E-state index contributed by atoms with van der Waals surface area (Å²) in [5.74, 6) is -1.85. The maximum Gasteiger partial charge on any atom is 0.246 e. The number of nitrogens with one attached hydrogen (secondary N) is 2. The molecule has 0 radical (unpaired) electrons. The topological polar surface area (TPSA) is 87.7 Å². The first-order chi connectivity index (χ1) is 19.3. The van der Waals surface area contributed by atoms with Gasteiger partial charge in [0, 0.05) is 23.3 Å². The predicted molar refractivity (Wildman–Crippen MR) is 154 cm³/mol. The Morgan fingerprint density at radius 1 is 1.10 bits per heavy atom. The molecule has 5 unspecified atom stereocenters. The van der Waals surface area contributed by atoms with Gasteiger partial charge in [0.15, 0.2) is 0 Å². The molecule has 3 heterocycles. The van der Waals surface area contributed by atoms with Crippen LogP contribution >= 0.6 is 11.6 Å². The Morgan fingerprint density at radius 3 is 2.67 bits per heavy atom. The summed E-state index contributed by atoms with van der Waals surface area (Å²) < 4.78 is 6.48. The van der Waals surface area contributed by atoms with Gasteiger partial charge in [-0.2, -0.15) is 0 Å². The highest BCUT2D eigenvalue weighted by Gasteiger charge is 2.72. The minimum absolute atomic E-state index is 0.0558. The number of anilines is 1. The molecule has 4 aliphatic rings. The summed E-state index contributed by atoms with van der Waals surface area (Å²) in [7, 11) is 0. The first kappa shape index (κ1) is 27.0. The van der Waals surface area contributed by atoms with Crippen LogP contribution in [0.1, 0.15) is 43.7 Å². The Labute approximate surface area is 240 Å². The molecule has 6 rings (SSSR count). The Hall–Kier alpha value is -3.16. The van der Waals surface area contributed by atoms with Gasteiger partial charge in [-0.1, -0.05) is 73.9 Å². The number of carbonyl (C=O) groups excluding carboxylic acids is 3. The van der Waals surface area contributed by atoms with Gasteiger partial charge in [0.25, 0.3) is 0 Å². The van der Waals surface area contributed by atoms with E-state index in [1.165, 1.54) is 0 Å². The fourth-order valence-electron chi connectivity index (χ4n) is 7.19. The summed E-state index contributed by atoms with van der Waals surface area (Å²) in [6, 6.07) is 14.3. The molecule has 3 aliphatic heterocycles. The lowest BCUT2D eigenvalue weighted by atomic mass is 9.74. The number of aryl methyl sites for hydroxylation is 1. The van der Waals surface area contributed by atoms with Gasteiger partial charge in [-0.3, -0.25) is 14.4 Å². The molecule has 1 aliphatic carbocycles. The third-order valence-electron chi connectivity index (χ3n) is 9.23. The van der Waals surface area contributed by atoms with Gasteiger partial charge >= 0.3 is 0 Å². The Bertz CT molecular complexity index is 1360. The average Bonchev–Trinajstić information content (AvgIpc) is 3.57. The summed E-state index contributed by atoms with van der Waals surface area (Å²) >= 11 is 6.43. The van der Waals surface area contributed by atoms with Gasteiger partial charge in [-0.05, 0) is 61.4 Å². The van der Waals surface area contributed by atoms with Crippen molar-refractivity contribution in [2.45, 2.75) is 69.7 Å². The van der Waals surface area contributed by atoms with Gasteiger partial charge in [-0.15, -0.1) is 0 Å². The molecule has 2 bridgehead atoms. The molecule has 2 N–H and O–H groups in total. The van der Waals surface area contributed by atoms with Crippen LogP contribution in [0.15, 0.2) is 60.7 Å². The first-order valence-corrected chi connectivity index (χ1v) is 14.8. The largest absolute Gasteiger partial charge is 0.359 e. The number of hydrogen-bond donors (Lipinski definition) is 2. The molecular formula is C32H36ClN3O4. The standard InChI is InChI=1S/C32H36ClN3O4/c1-19-8-7-11-22(18-19)34-29(37)26-25-14-16-32(40-25)27(26)31(39)36(17-15-21-10-4-5-12-23(21)33)28(32)30(38)35-24-13-6-3-9-20(24)2/h4-5,7-8,10-12,14,16,18,20,24-28H,3,6,9,13,15,17H2,1-2H3,(H,34,37)(H,35,38)/t20?,24?,25-,26?,27-,28?,32?/m0/s1. The summed E-state index contributed by atoms with van der Waals surface area (Å²) in [5.41, 5.74) is 1.42. The second-order valence-electron chi connectivity index (χ2n) is 11.8. The van der Waals surface area contributed by atoms with Crippen LogP contribution in [-0.2, 0) is 25.5 Å². The highest BCUT2D eigenvalue weighted by atomic mass is 35.5. The minimum Gasteiger partial charge on any atom is -0.359 e. The van der Waals surface area contributed by atoms with E-state index in [4.69, 9.17) is 16.3 Å². The van der Waals surface area contributed by atoms with E-state index >= 15 is 0 Å². The zero-order chi connectivity index (χ0) is 28.0. The Kier molecular flexibility index (Phi) is 7.21. The predicted octanol–water partition coefficient (Wildman–Crippen LogP) is 4.68. The molecule has 7 nitrogen and oxygen atoms in total. The van der Waals surface area contributed by atoms with Gasteiger partial charge in [0.1, 0.15) is 11.6 Å². The summed E-state index contributed by atoms with van der Waals surface area (Å²) in [5, 5.41) is 6.89. The van der Waals surface area contributed by atoms with Crippen LogP contribution in [0.4, 0.5) is 5.69 Å². The molecule has 2 aromatic rings. The molecular weight excluding hydrogens is 526 g/mol. The normalized spacial score (nSPS) is 32.3. The smallest absolute Gasteiger partial charge is 0.246 e. The average molecular weight is 562 g/mol. The molecule has 2 aromatic carbocycles. The van der Waals surface area contributed by atoms with Crippen molar-refractivity contribution in [1.82, 2.24) is 10.2 Å². The van der Waals surface area contributed by atoms with Crippen LogP contribution in [0, 0.1) is 24.7 Å². The number of fused-ring (bicyclic) bond motifs is 1. The molecule has 3 amide bonds. The molecule has 8 heteroatoms. The van der Waals surface area contributed by atoms with Crippen molar-refractivity contribution < 1.29 is 19.1 Å². The maximum absolute atomic E-state index is 14.2. The second kappa shape index (κ2) is 10.7. The third-order valence-corrected chi connectivity index (χ3v) is 9.60. The fraction of sp³-hybridized carbons (Fsp3) is 0.469. The van der Waals surface area contributed by atoms with E-state index in [9.17, 15) is 14.4 Å². The maximum atomic E-state index is 14.2. The number of rotatable bonds is 7. The molecule has 7 atom stereocenters. The van der Waals surface area contributed by atoms with Crippen molar-refractivity contribution >= 4 is 35.0 Å². The van der Waals surface area contributed by atoms with Gasteiger partial charge in [0.05, 0.1) is 17.9 Å². The monoisotopic (exact) mass is 561 g/mol. The van der Waals surface area contributed by atoms with Crippen molar-refractivity contribution in [3.8, 4) is 0 Å². The highest BCUT2D eigenvalue weighted by Crippen LogP contribution is 2.55. The third kappa shape index (κ3) is 4.63. The Morgan fingerprint density at radius 2 is 1.90 bits per heavy atom. The van der Waals surface area contributed by atoms with Crippen molar-refractivity contribution in [3.05, 3.63) is 76.8 Å². The number of likely N-dealkylation sites (tertiary alicyclic amines) is 1. The number of benzene rings is 2. The lowest BCUT2D eigenvalue weighted by Crippen LogP contribution is -2.57. The molecule has 40 heavy (non-hydrogen) atoms. The van der Waals surface area contributed by atoms with Crippen molar-refractivity contribution in [1.29, 1.82) is 0 Å². The lowest BCUT2D eigenvalue weighted by molar-refractivity contribution is -0.141. The van der Waals surface area contributed by atoms with Crippen LogP contribution in [-0.4, -0.2) is 53.0 Å². The van der Waals surface area contributed by atoms with Crippen LogP contribution in [0.25, 0.3) is 0 Å². The van der Waals surface area contributed by atoms with E-state index in [2.05, 4.69) is 17.6 Å². The SMILES string of the molecule is Cc1cccc(NC(=O)C2[C@@H]3C=CC4(O3)C(C(=O)NC3CCCCC3C)N(CCc3ccccc3Cl)C(=O)[C@H]24)c1. The van der Waals surface area contributed by atoms with Crippen LogP contribution in [0.2, 0.25) is 5.02 Å². The lowest BCUT2D eigenvalue weighted by Gasteiger charge is -2.36. The first-order valence-electron chi connectivity index (χ1n) is 14.4. The van der Waals surface area contributed by atoms with E-state index < -0.39 is 29.6 Å². The number of ether oxygens (including phenoxy) is 1. The van der Waals surface area contributed by atoms with Gasteiger partial charge < -0.3 is 20.3 Å². The molecule has 2 saturated heterocycles. The van der Waals surface area contributed by atoms with Crippen molar-refractivity contribution in [2.24, 2.45) is 17.8 Å². The number of carbonyl (C=O) groups is 3. The van der Waals surface area contributed by atoms with Crippen molar-refractivity contribution in [2.75, 3.05) is 11.9 Å². The molecule has 3 fully saturated rings. The highest BCUT2D eigenvalue weighted by molar-refractivity contribution is 6.31. The van der Waals surface area contributed by atoms with Gasteiger partial charge in [0.2, 0.25) is 17.7 Å². The van der Waals surface area contributed by atoms with Gasteiger partial charge in [-0.25, -0.2) is 0 Å². The second-order valence-corrected chi connectivity index (χ2v) is 12.2. The zero-order valence-electron chi connectivity index (χ0n) is 22.9. The number of hydrogen-bond acceptors (Lipinski definition) is 4. The minimum atomic E-state index is -1.18. The van der Waals surface area contributed by atoms with Crippen LogP contribution in [0.3, 0.4) is 0 Å². The number of amides is 3. The van der Waals surface area contributed by atoms with Crippen LogP contribution < -0.4 is 10.6 Å². The quantitative estimate of drug-likeness (QED) is 0.481. The summed E-state index contributed by atoms with van der Waals surface area (Å²) in [6.45, 7) is 4.43. The van der Waals surface area contributed by atoms with E-state index in [0.717, 1.165) is 36.8 Å². The van der Waals surface area contributed by atoms with E-state index in [0.29, 0.717) is 29.6 Å². The molecule has 1 spiro atoms. The summed E-state index contributed by atoms with van der Waals surface area (Å²) in [6.07, 6.45) is 7.87. The van der Waals surface area contributed by atoms with E-state index in [1.807, 2.05) is 67.6 Å². The van der Waals surface area contributed by atoms with Crippen LogP contribution in [0.5, 0.6) is 0 Å². The molecule has 1 saturated carbocycles. The molecule has 210 valence electrons. The molecule has 0 aromatic heterocycles. The summed E-state index contributed by atoms with van der Waals surface area (Å²) in [4.78, 5) is 43.6.